The second kappa shape index (κ2) is 8.81. The Balaban J connectivity index is 1.50. The zero-order valence-corrected chi connectivity index (χ0v) is 16.0. The van der Waals surface area contributed by atoms with Crippen LogP contribution in [0.5, 0.6) is 0 Å². The number of alkyl halides is 3. The van der Waals surface area contributed by atoms with E-state index in [1.807, 2.05) is 37.3 Å². The molecule has 0 aliphatic carbocycles. The maximum atomic E-state index is 12.6. The van der Waals surface area contributed by atoms with E-state index in [1.54, 1.807) is 10.7 Å². The lowest BCUT2D eigenvalue weighted by Gasteiger charge is -2.09. The maximum absolute atomic E-state index is 12.6. The molecule has 0 unspecified atom stereocenters. The Morgan fingerprint density at radius 1 is 0.933 bits per heavy atom. The fourth-order valence-corrected chi connectivity index (χ4v) is 2.77. The van der Waals surface area contributed by atoms with Crippen molar-refractivity contribution in [3.8, 4) is 5.69 Å². The largest absolute Gasteiger partial charge is 0.416 e. The molecular weight excluding hydrogens is 397 g/mol. The van der Waals surface area contributed by atoms with Gasteiger partial charge in [-0.25, -0.2) is 4.68 Å². The van der Waals surface area contributed by atoms with E-state index in [4.69, 9.17) is 0 Å². The molecule has 1 heterocycles. The Kier molecular flexibility index (Phi) is 6.20. The van der Waals surface area contributed by atoms with Crippen molar-refractivity contribution in [1.29, 1.82) is 0 Å². The number of aryl methyl sites for hydroxylation is 1. The first kappa shape index (κ1) is 21.1. The number of hydrogen-bond acceptors (Lipinski definition) is 3. The first-order chi connectivity index (χ1) is 14.3. The molecule has 0 saturated heterocycles. The third-order valence-electron chi connectivity index (χ3n) is 4.29. The summed E-state index contributed by atoms with van der Waals surface area (Å²) in [6, 6.07) is 14.9. The molecule has 0 atom stereocenters. The lowest BCUT2D eigenvalue weighted by Crippen LogP contribution is -2.34. The van der Waals surface area contributed by atoms with E-state index in [-0.39, 0.29) is 24.3 Å². The van der Waals surface area contributed by atoms with Crippen molar-refractivity contribution in [2.45, 2.75) is 13.1 Å². The van der Waals surface area contributed by atoms with Crippen LogP contribution < -0.4 is 10.6 Å². The standard InChI is InChI=1S/C21H19F3N4O2/c1-14-13-18(27-28(14)17-5-3-2-4-6-17)20(30)26-12-11-25-19(29)15-7-9-16(10-8-15)21(22,23)24/h2-10,13H,11-12H2,1H3,(H,25,29)(H,26,30). The molecule has 0 radical (unpaired) electrons. The van der Waals surface area contributed by atoms with Crippen molar-refractivity contribution in [3.63, 3.8) is 0 Å². The fourth-order valence-electron chi connectivity index (χ4n) is 2.77. The number of carbonyl (C=O) groups excluding carboxylic acids is 2. The average Bonchev–Trinajstić information content (AvgIpc) is 3.13. The molecule has 0 fully saturated rings. The first-order valence-electron chi connectivity index (χ1n) is 9.11. The molecule has 0 spiro atoms. The Labute approximate surface area is 170 Å². The van der Waals surface area contributed by atoms with E-state index >= 15 is 0 Å². The highest BCUT2D eigenvalue weighted by molar-refractivity contribution is 5.94. The molecule has 0 aliphatic heterocycles. The minimum absolute atomic E-state index is 0.103. The molecule has 2 N–H and O–H groups in total. The predicted molar refractivity (Wildman–Crippen MR) is 104 cm³/mol. The Morgan fingerprint density at radius 3 is 2.13 bits per heavy atom. The molecule has 156 valence electrons. The van der Waals surface area contributed by atoms with E-state index in [2.05, 4.69) is 15.7 Å². The van der Waals surface area contributed by atoms with Gasteiger partial charge >= 0.3 is 6.18 Å². The molecule has 0 bridgehead atoms. The van der Waals surface area contributed by atoms with Crippen LogP contribution in [0, 0.1) is 6.92 Å². The Morgan fingerprint density at radius 2 is 1.53 bits per heavy atom. The SMILES string of the molecule is Cc1cc(C(=O)NCCNC(=O)c2ccc(C(F)(F)F)cc2)nn1-c1ccccc1. The van der Waals surface area contributed by atoms with Crippen LogP contribution in [-0.2, 0) is 6.18 Å². The molecule has 3 rings (SSSR count). The van der Waals surface area contributed by atoms with E-state index < -0.39 is 23.6 Å². The fraction of sp³-hybridized carbons (Fsp3) is 0.190. The van der Waals surface area contributed by atoms with Crippen molar-refractivity contribution in [2.24, 2.45) is 0 Å². The highest BCUT2D eigenvalue weighted by Crippen LogP contribution is 2.29. The van der Waals surface area contributed by atoms with Gasteiger partial charge in [0.2, 0.25) is 0 Å². The number of aromatic nitrogens is 2. The van der Waals surface area contributed by atoms with Crippen molar-refractivity contribution in [1.82, 2.24) is 20.4 Å². The van der Waals surface area contributed by atoms with Gasteiger partial charge in [-0.1, -0.05) is 18.2 Å². The van der Waals surface area contributed by atoms with Gasteiger partial charge in [-0.2, -0.15) is 18.3 Å². The smallest absolute Gasteiger partial charge is 0.350 e. The third kappa shape index (κ3) is 5.05. The van der Waals surface area contributed by atoms with E-state index in [1.165, 1.54) is 0 Å². The van der Waals surface area contributed by atoms with Crippen LogP contribution in [0.4, 0.5) is 13.2 Å². The minimum Gasteiger partial charge on any atom is -0.350 e. The van der Waals surface area contributed by atoms with Crippen molar-refractivity contribution in [3.05, 3.63) is 83.2 Å². The molecule has 30 heavy (non-hydrogen) atoms. The number of benzene rings is 2. The summed E-state index contributed by atoms with van der Waals surface area (Å²) in [5, 5.41) is 9.49. The maximum Gasteiger partial charge on any atom is 0.416 e. The number of halogens is 3. The summed E-state index contributed by atoms with van der Waals surface area (Å²) in [5.74, 6) is -0.918. The highest BCUT2D eigenvalue weighted by Gasteiger charge is 2.30. The van der Waals surface area contributed by atoms with Crippen LogP contribution in [-0.4, -0.2) is 34.7 Å². The average molecular weight is 416 g/mol. The summed E-state index contributed by atoms with van der Waals surface area (Å²) in [6.07, 6.45) is -4.45. The zero-order valence-electron chi connectivity index (χ0n) is 16.0. The van der Waals surface area contributed by atoms with Crippen LogP contribution in [0.3, 0.4) is 0 Å². The summed E-state index contributed by atoms with van der Waals surface area (Å²) in [7, 11) is 0. The van der Waals surface area contributed by atoms with Gasteiger partial charge < -0.3 is 10.6 Å². The number of nitrogens with zero attached hydrogens (tertiary/aromatic N) is 2. The lowest BCUT2D eigenvalue weighted by molar-refractivity contribution is -0.137. The van der Waals surface area contributed by atoms with Crippen LogP contribution in [0.25, 0.3) is 5.69 Å². The molecule has 9 heteroatoms. The van der Waals surface area contributed by atoms with Crippen molar-refractivity contribution >= 4 is 11.8 Å². The molecule has 1 aromatic heterocycles. The van der Waals surface area contributed by atoms with Gasteiger partial charge in [0.1, 0.15) is 0 Å². The van der Waals surface area contributed by atoms with Crippen LogP contribution in [0.2, 0.25) is 0 Å². The Hall–Kier alpha value is -3.62. The van der Waals surface area contributed by atoms with Crippen molar-refractivity contribution in [2.75, 3.05) is 13.1 Å². The summed E-state index contributed by atoms with van der Waals surface area (Å²) in [6.45, 7) is 2.09. The molecule has 2 amide bonds. The number of amides is 2. The molecule has 3 aromatic rings. The predicted octanol–water partition coefficient (Wildman–Crippen LogP) is 3.36. The van der Waals surface area contributed by atoms with Gasteiger partial charge in [0, 0.05) is 24.3 Å². The quantitative estimate of drug-likeness (QED) is 0.605. The number of hydrogen-bond donors (Lipinski definition) is 2. The van der Waals surface area contributed by atoms with Gasteiger partial charge in [0.05, 0.1) is 11.3 Å². The molecule has 0 aliphatic rings. The van der Waals surface area contributed by atoms with Crippen LogP contribution >= 0.6 is 0 Å². The van der Waals surface area contributed by atoms with Gasteiger partial charge in [-0.3, -0.25) is 9.59 Å². The summed E-state index contributed by atoms with van der Waals surface area (Å²) in [5.41, 5.74) is 1.15. The zero-order chi connectivity index (χ0) is 21.7. The topological polar surface area (TPSA) is 76.0 Å². The van der Waals surface area contributed by atoms with Crippen molar-refractivity contribution < 1.29 is 22.8 Å². The summed E-state index contributed by atoms with van der Waals surface area (Å²) >= 11 is 0. The van der Waals surface area contributed by atoms with E-state index in [0.717, 1.165) is 35.6 Å². The van der Waals surface area contributed by atoms with Gasteiger partial charge in [-0.05, 0) is 49.4 Å². The van der Waals surface area contributed by atoms with Crippen LogP contribution in [0.15, 0.2) is 60.7 Å². The summed E-state index contributed by atoms with van der Waals surface area (Å²) in [4.78, 5) is 24.3. The van der Waals surface area contributed by atoms with Gasteiger partial charge in [-0.15, -0.1) is 0 Å². The first-order valence-corrected chi connectivity index (χ1v) is 9.11. The second-order valence-corrected chi connectivity index (χ2v) is 6.51. The molecule has 2 aromatic carbocycles. The third-order valence-corrected chi connectivity index (χ3v) is 4.29. The van der Waals surface area contributed by atoms with Gasteiger partial charge in [0.25, 0.3) is 11.8 Å². The minimum atomic E-state index is -4.45. The number of para-hydroxylation sites is 1. The molecular formula is C21H19F3N4O2. The highest BCUT2D eigenvalue weighted by atomic mass is 19.4. The lowest BCUT2D eigenvalue weighted by atomic mass is 10.1. The Bertz CT molecular complexity index is 1030. The monoisotopic (exact) mass is 416 g/mol. The summed E-state index contributed by atoms with van der Waals surface area (Å²) < 4.78 is 39.3. The van der Waals surface area contributed by atoms with E-state index in [9.17, 15) is 22.8 Å². The normalized spacial score (nSPS) is 11.2. The molecule has 0 saturated carbocycles. The van der Waals surface area contributed by atoms with Gasteiger partial charge in [0.15, 0.2) is 5.69 Å². The molecule has 6 nitrogen and oxygen atoms in total. The second-order valence-electron chi connectivity index (χ2n) is 6.51. The number of carbonyl (C=O) groups is 2. The van der Waals surface area contributed by atoms with E-state index in [0.29, 0.717) is 0 Å². The van der Waals surface area contributed by atoms with Crippen LogP contribution in [0.1, 0.15) is 32.1 Å². The number of rotatable bonds is 6. The number of nitrogens with one attached hydrogen (secondary N) is 2.